The van der Waals surface area contributed by atoms with Crippen molar-refractivity contribution < 1.29 is 4.57 Å². The molecule has 0 saturated heterocycles. The van der Waals surface area contributed by atoms with Crippen molar-refractivity contribution in [2.75, 3.05) is 0 Å². The zero-order valence-electron chi connectivity index (χ0n) is 10.8. The van der Waals surface area contributed by atoms with Gasteiger partial charge in [0.25, 0.3) is 5.82 Å². The van der Waals surface area contributed by atoms with Gasteiger partial charge in [-0.15, -0.1) is 0 Å². The third-order valence-electron chi connectivity index (χ3n) is 4.45. The molecule has 1 aliphatic heterocycles. The van der Waals surface area contributed by atoms with Gasteiger partial charge >= 0.3 is 5.56 Å². The van der Waals surface area contributed by atoms with E-state index >= 15 is 0 Å². The number of hydrogen-bond donors (Lipinski definition) is 0. The highest BCUT2D eigenvalue weighted by Crippen LogP contribution is 2.23. The Balaban J connectivity index is 2.30. The summed E-state index contributed by atoms with van der Waals surface area (Å²) >= 11 is 0. The highest BCUT2D eigenvalue weighted by atomic mass is 16.1. The van der Waals surface area contributed by atoms with Crippen LogP contribution >= 0.6 is 0 Å². The Labute approximate surface area is 102 Å². The topological polar surface area (TPSA) is 25.9 Å². The molecule has 1 aliphatic carbocycles. The van der Waals surface area contributed by atoms with Crippen molar-refractivity contribution >= 4 is 0 Å². The summed E-state index contributed by atoms with van der Waals surface area (Å²) in [4.78, 5) is 12.6. The maximum Gasteiger partial charge on any atom is 0.341 e. The van der Waals surface area contributed by atoms with Crippen LogP contribution in [0.15, 0.2) is 4.79 Å². The van der Waals surface area contributed by atoms with Crippen LogP contribution in [0.3, 0.4) is 0 Å². The maximum atomic E-state index is 12.6. The average molecular weight is 233 g/mol. The molecule has 0 radical (unpaired) electrons. The second-order valence-electron chi connectivity index (χ2n) is 5.52. The molecule has 1 unspecified atom stereocenters. The largest absolute Gasteiger partial charge is 0.341 e. The fraction of sp³-hybridized carbons (Fsp3) is 0.714. The number of aromatic nitrogens is 2. The van der Waals surface area contributed by atoms with Gasteiger partial charge in [0.1, 0.15) is 11.7 Å². The van der Waals surface area contributed by atoms with Gasteiger partial charge in [-0.1, -0.05) is 0 Å². The normalized spacial score (nSPS) is 23.1. The van der Waals surface area contributed by atoms with Crippen LogP contribution in [0.5, 0.6) is 0 Å². The molecule has 92 valence electrons. The summed E-state index contributed by atoms with van der Waals surface area (Å²) in [6.07, 6.45) is 7.90. The van der Waals surface area contributed by atoms with Gasteiger partial charge in [-0.2, -0.15) is 4.57 Å². The van der Waals surface area contributed by atoms with Crippen LogP contribution in [0.2, 0.25) is 0 Å². The van der Waals surface area contributed by atoms with E-state index in [9.17, 15) is 4.79 Å². The minimum absolute atomic E-state index is 0.306. The van der Waals surface area contributed by atoms with E-state index in [4.69, 9.17) is 0 Å². The predicted molar refractivity (Wildman–Crippen MR) is 66.2 cm³/mol. The minimum atomic E-state index is 0.306. The summed E-state index contributed by atoms with van der Waals surface area (Å²) in [7, 11) is 2.15. The van der Waals surface area contributed by atoms with Crippen molar-refractivity contribution in [3.05, 3.63) is 27.4 Å². The summed E-state index contributed by atoms with van der Waals surface area (Å²) in [5, 5.41) is 0. The third-order valence-corrected chi connectivity index (χ3v) is 4.45. The summed E-state index contributed by atoms with van der Waals surface area (Å²) in [5.74, 6) is 1.24. The lowest BCUT2D eigenvalue weighted by Crippen LogP contribution is -2.51. The van der Waals surface area contributed by atoms with Crippen LogP contribution in [0.25, 0.3) is 0 Å². The van der Waals surface area contributed by atoms with E-state index in [1.807, 2.05) is 0 Å². The summed E-state index contributed by atoms with van der Waals surface area (Å²) in [6.45, 7) is 2.18. The molecule has 0 saturated carbocycles. The Hall–Kier alpha value is -1.12. The van der Waals surface area contributed by atoms with Crippen molar-refractivity contribution in [2.45, 2.75) is 57.9 Å². The zero-order valence-corrected chi connectivity index (χ0v) is 10.8. The molecule has 1 aromatic rings. The molecule has 2 heterocycles. The molecule has 0 bridgehead atoms. The molecule has 0 amide bonds. The van der Waals surface area contributed by atoms with Gasteiger partial charge in [0, 0.05) is 12.8 Å². The van der Waals surface area contributed by atoms with E-state index in [-0.39, 0.29) is 0 Å². The first-order valence-electron chi connectivity index (χ1n) is 6.85. The molecule has 2 aliphatic rings. The van der Waals surface area contributed by atoms with E-state index in [2.05, 4.69) is 23.1 Å². The van der Waals surface area contributed by atoms with Gasteiger partial charge in [0.2, 0.25) is 0 Å². The predicted octanol–water partition coefficient (Wildman–Crippen LogP) is 1.45. The molecule has 0 N–H and O–H groups in total. The van der Waals surface area contributed by atoms with Crippen molar-refractivity contribution in [3.8, 4) is 0 Å². The highest BCUT2D eigenvalue weighted by Gasteiger charge is 2.32. The fourth-order valence-electron chi connectivity index (χ4n) is 3.50. The first kappa shape index (κ1) is 11.0. The van der Waals surface area contributed by atoms with Gasteiger partial charge < -0.3 is 0 Å². The number of hydrogen-bond acceptors (Lipinski definition) is 1. The highest BCUT2D eigenvalue weighted by molar-refractivity contribution is 5.18. The third kappa shape index (κ3) is 1.55. The zero-order chi connectivity index (χ0) is 12.0. The van der Waals surface area contributed by atoms with E-state index in [0.717, 1.165) is 31.2 Å². The molecule has 3 rings (SSSR count). The van der Waals surface area contributed by atoms with Crippen molar-refractivity contribution in [1.29, 1.82) is 0 Å². The van der Waals surface area contributed by atoms with Crippen molar-refractivity contribution in [3.63, 3.8) is 0 Å². The first-order chi connectivity index (χ1) is 8.20. The molecule has 0 fully saturated rings. The lowest BCUT2D eigenvalue weighted by molar-refractivity contribution is -0.693. The molecule has 1 atom stereocenters. The Bertz CT molecular complexity index is 516. The van der Waals surface area contributed by atoms with Crippen LogP contribution in [0, 0.1) is 0 Å². The Morgan fingerprint density at radius 3 is 2.76 bits per heavy atom. The lowest BCUT2D eigenvalue weighted by atomic mass is 9.95. The standard InChI is InChI=1S/C14H21N2O/c1-10-6-5-9-13-15(2)12-8-4-3-7-11(12)14(17)16(10)13/h10H,3-9H2,1-2H3/q+1. The van der Waals surface area contributed by atoms with Gasteiger partial charge in [0.05, 0.1) is 12.6 Å². The van der Waals surface area contributed by atoms with E-state index in [1.54, 1.807) is 0 Å². The molecular formula is C14H21N2O+. The van der Waals surface area contributed by atoms with E-state index < -0.39 is 0 Å². The number of fused-ring (bicyclic) bond motifs is 2. The van der Waals surface area contributed by atoms with Gasteiger partial charge in [0.15, 0.2) is 0 Å². The van der Waals surface area contributed by atoms with Crippen LogP contribution < -0.4 is 10.1 Å². The second-order valence-corrected chi connectivity index (χ2v) is 5.52. The van der Waals surface area contributed by atoms with Gasteiger partial charge in [-0.25, -0.2) is 9.36 Å². The Kier molecular flexibility index (Phi) is 2.57. The van der Waals surface area contributed by atoms with Crippen LogP contribution in [-0.4, -0.2) is 4.57 Å². The molecule has 3 heteroatoms. The van der Waals surface area contributed by atoms with Crippen molar-refractivity contribution in [1.82, 2.24) is 4.57 Å². The van der Waals surface area contributed by atoms with Crippen LogP contribution in [0.1, 0.15) is 55.7 Å². The van der Waals surface area contributed by atoms with E-state index in [0.29, 0.717) is 11.6 Å². The summed E-state index contributed by atoms with van der Waals surface area (Å²) in [5.41, 5.74) is 2.71. The fourth-order valence-corrected chi connectivity index (χ4v) is 3.50. The SMILES string of the molecule is CC1CCCc2n1c(=O)c1c([n+]2C)CCCC1. The Morgan fingerprint density at radius 1 is 1.18 bits per heavy atom. The van der Waals surface area contributed by atoms with Gasteiger partial charge in [-0.3, -0.25) is 0 Å². The average Bonchev–Trinajstić information content (AvgIpc) is 2.36. The van der Waals surface area contributed by atoms with Gasteiger partial charge in [-0.05, 0) is 39.0 Å². The molecule has 3 nitrogen and oxygen atoms in total. The monoisotopic (exact) mass is 233 g/mol. The Morgan fingerprint density at radius 2 is 1.94 bits per heavy atom. The minimum Gasteiger partial charge on any atom is -0.241 e. The second kappa shape index (κ2) is 3.97. The smallest absolute Gasteiger partial charge is 0.241 e. The maximum absolute atomic E-state index is 12.6. The lowest BCUT2D eigenvalue weighted by Gasteiger charge is -2.24. The summed E-state index contributed by atoms with van der Waals surface area (Å²) in [6, 6.07) is 0.379. The molecule has 0 aromatic carbocycles. The number of rotatable bonds is 0. The van der Waals surface area contributed by atoms with Crippen molar-refractivity contribution in [2.24, 2.45) is 7.05 Å². The molecule has 17 heavy (non-hydrogen) atoms. The summed E-state index contributed by atoms with van der Waals surface area (Å²) < 4.78 is 4.37. The quantitative estimate of drug-likeness (QED) is 0.623. The molecule has 0 spiro atoms. The van der Waals surface area contributed by atoms with E-state index in [1.165, 1.54) is 30.8 Å². The van der Waals surface area contributed by atoms with Crippen LogP contribution in [0.4, 0.5) is 0 Å². The molecular weight excluding hydrogens is 212 g/mol. The number of nitrogens with zero attached hydrogens (tertiary/aromatic N) is 2. The molecule has 1 aromatic heterocycles. The first-order valence-corrected chi connectivity index (χ1v) is 6.85. The van der Waals surface area contributed by atoms with Crippen LogP contribution in [-0.2, 0) is 26.3 Å².